The first-order valence-electron chi connectivity index (χ1n) is 5.84. The highest BCUT2D eigenvalue weighted by Gasteiger charge is 2.04. The predicted molar refractivity (Wildman–Crippen MR) is 66.5 cm³/mol. The van der Waals surface area contributed by atoms with E-state index >= 15 is 0 Å². The van der Waals surface area contributed by atoms with E-state index in [2.05, 4.69) is 44.2 Å². The summed E-state index contributed by atoms with van der Waals surface area (Å²) in [4.78, 5) is 0. The molecule has 0 fully saturated rings. The highest BCUT2D eigenvalue weighted by molar-refractivity contribution is 5.23. The molecule has 0 aliphatic heterocycles. The van der Waals surface area contributed by atoms with Crippen LogP contribution in [0.5, 0.6) is 0 Å². The molecule has 0 radical (unpaired) electrons. The summed E-state index contributed by atoms with van der Waals surface area (Å²) in [6.07, 6.45) is 3.87. The van der Waals surface area contributed by atoms with Gasteiger partial charge in [0.2, 0.25) is 0 Å². The van der Waals surface area contributed by atoms with Crippen LogP contribution in [0.2, 0.25) is 0 Å². The first-order valence-corrected chi connectivity index (χ1v) is 5.84. The van der Waals surface area contributed by atoms with Gasteiger partial charge >= 0.3 is 0 Å². The lowest BCUT2D eigenvalue weighted by Gasteiger charge is -1.99. The van der Waals surface area contributed by atoms with E-state index in [-0.39, 0.29) is 0 Å². The lowest BCUT2D eigenvalue weighted by molar-refractivity contribution is 0.516. The molecule has 0 N–H and O–H groups in total. The van der Waals surface area contributed by atoms with Crippen molar-refractivity contribution in [2.45, 2.75) is 26.7 Å². The zero-order chi connectivity index (χ0) is 11.4. The van der Waals surface area contributed by atoms with E-state index in [9.17, 15) is 0 Å². The molecular weight excluding hydrogens is 196 g/mol. The Kier molecular flexibility index (Phi) is 3.45. The summed E-state index contributed by atoms with van der Waals surface area (Å²) in [5.74, 6) is 1.74. The summed E-state index contributed by atoms with van der Waals surface area (Å²) in [5, 5.41) is 0. The second-order valence-electron chi connectivity index (χ2n) is 4.68. The van der Waals surface area contributed by atoms with Gasteiger partial charge in [0, 0.05) is 6.42 Å². The second-order valence-corrected chi connectivity index (χ2v) is 4.68. The van der Waals surface area contributed by atoms with Crippen molar-refractivity contribution in [3.8, 4) is 0 Å². The van der Waals surface area contributed by atoms with Crippen LogP contribution in [0.25, 0.3) is 0 Å². The van der Waals surface area contributed by atoms with Gasteiger partial charge < -0.3 is 4.42 Å². The van der Waals surface area contributed by atoms with Gasteiger partial charge in [-0.2, -0.15) is 0 Å². The van der Waals surface area contributed by atoms with Gasteiger partial charge in [0.25, 0.3) is 0 Å². The fraction of sp³-hybridized carbons (Fsp3) is 0.333. The van der Waals surface area contributed by atoms with Crippen LogP contribution in [0, 0.1) is 5.92 Å². The number of hydrogen-bond acceptors (Lipinski definition) is 1. The molecule has 1 aromatic heterocycles. The van der Waals surface area contributed by atoms with Crippen LogP contribution in [0.3, 0.4) is 0 Å². The summed E-state index contributed by atoms with van der Waals surface area (Å²) in [6.45, 7) is 4.45. The topological polar surface area (TPSA) is 13.1 Å². The van der Waals surface area contributed by atoms with Gasteiger partial charge in [-0.1, -0.05) is 44.2 Å². The average Bonchev–Trinajstić information content (AvgIpc) is 2.66. The van der Waals surface area contributed by atoms with Gasteiger partial charge in [-0.25, -0.2) is 0 Å². The van der Waals surface area contributed by atoms with Crippen LogP contribution < -0.4 is 0 Å². The zero-order valence-electron chi connectivity index (χ0n) is 9.94. The molecule has 0 spiro atoms. The van der Waals surface area contributed by atoms with Crippen molar-refractivity contribution < 1.29 is 4.42 Å². The fourth-order valence-corrected chi connectivity index (χ4v) is 1.89. The van der Waals surface area contributed by atoms with Gasteiger partial charge in [-0.05, 0) is 29.5 Å². The molecule has 0 aliphatic carbocycles. The molecule has 0 atom stereocenters. The Morgan fingerprint density at radius 2 is 1.81 bits per heavy atom. The van der Waals surface area contributed by atoms with Crippen LogP contribution in [0.4, 0.5) is 0 Å². The fourth-order valence-electron chi connectivity index (χ4n) is 1.89. The number of benzene rings is 1. The largest absolute Gasteiger partial charge is 0.469 e. The highest BCUT2D eigenvalue weighted by Crippen LogP contribution is 2.15. The Morgan fingerprint density at radius 3 is 2.50 bits per heavy atom. The molecule has 0 aliphatic rings. The van der Waals surface area contributed by atoms with Crippen molar-refractivity contribution in [3.05, 3.63) is 59.5 Å². The van der Waals surface area contributed by atoms with Crippen LogP contribution in [-0.2, 0) is 12.8 Å². The molecule has 0 amide bonds. The van der Waals surface area contributed by atoms with Crippen molar-refractivity contribution >= 4 is 0 Å². The third-order valence-electron chi connectivity index (χ3n) is 2.57. The lowest BCUT2D eigenvalue weighted by atomic mass is 10.0. The molecule has 2 rings (SSSR count). The molecule has 1 heteroatoms. The summed E-state index contributed by atoms with van der Waals surface area (Å²) >= 11 is 0. The smallest absolute Gasteiger partial charge is 0.108 e. The average molecular weight is 214 g/mol. The van der Waals surface area contributed by atoms with Crippen molar-refractivity contribution in [2.75, 3.05) is 0 Å². The van der Waals surface area contributed by atoms with Gasteiger partial charge in [-0.3, -0.25) is 0 Å². The Hall–Kier alpha value is -1.50. The van der Waals surface area contributed by atoms with E-state index < -0.39 is 0 Å². The normalized spacial score (nSPS) is 10.9. The summed E-state index contributed by atoms with van der Waals surface area (Å²) < 4.78 is 5.57. The van der Waals surface area contributed by atoms with Gasteiger partial charge in [0.1, 0.15) is 5.76 Å². The van der Waals surface area contributed by atoms with Crippen molar-refractivity contribution in [2.24, 2.45) is 5.92 Å². The molecule has 16 heavy (non-hydrogen) atoms. The number of furan rings is 1. The molecule has 84 valence electrons. The molecule has 0 bridgehead atoms. The summed E-state index contributed by atoms with van der Waals surface area (Å²) in [7, 11) is 0. The van der Waals surface area contributed by atoms with Gasteiger partial charge in [-0.15, -0.1) is 0 Å². The monoisotopic (exact) mass is 214 g/mol. The minimum absolute atomic E-state index is 0.683. The first kappa shape index (κ1) is 11.0. The standard InChI is InChI=1S/C15H18O/c1-12(2)8-14-10-15(16-11-14)9-13-6-4-3-5-7-13/h3-7,10-12H,8-9H2,1-2H3. The molecule has 0 saturated heterocycles. The van der Waals surface area contributed by atoms with Crippen molar-refractivity contribution in [1.29, 1.82) is 0 Å². The van der Waals surface area contributed by atoms with Crippen LogP contribution >= 0.6 is 0 Å². The van der Waals surface area contributed by atoms with E-state index in [1.807, 2.05) is 12.3 Å². The van der Waals surface area contributed by atoms with Crippen molar-refractivity contribution in [1.82, 2.24) is 0 Å². The molecule has 0 saturated carbocycles. The Bertz CT molecular complexity index is 426. The van der Waals surface area contributed by atoms with Gasteiger partial charge in [0.05, 0.1) is 6.26 Å². The third-order valence-corrected chi connectivity index (χ3v) is 2.57. The molecule has 0 unspecified atom stereocenters. The molecule has 2 aromatic rings. The Morgan fingerprint density at radius 1 is 1.06 bits per heavy atom. The molecule has 1 heterocycles. The second kappa shape index (κ2) is 5.02. The van der Waals surface area contributed by atoms with Crippen LogP contribution in [0.15, 0.2) is 47.1 Å². The number of hydrogen-bond donors (Lipinski definition) is 0. The van der Waals surface area contributed by atoms with Crippen LogP contribution in [0.1, 0.15) is 30.7 Å². The Labute approximate surface area is 97.1 Å². The maximum atomic E-state index is 5.57. The zero-order valence-corrected chi connectivity index (χ0v) is 9.94. The molecule has 1 aromatic carbocycles. The van der Waals surface area contributed by atoms with Crippen LogP contribution in [-0.4, -0.2) is 0 Å². The third kappa shape index (κ3) is 2.99. The van der Waals surface area contributed by atoms with E-state index in [0.29, 0.717) is 5.92 Å². The van der Waals surface area contributed by atoms with E-state index in [1.54, 1.807) is 0 Å². The van der Waals surface area contributed by atoms with E-state index in [0.717, 1.165) is 18.6 Å². The van der Waals surface area contributed by atoms with Gasteiger partial charge in [0.15, 0.2) is 0 Å². The van der Waals surface area contributed by atoms with E-state index in [4.69, 9.17) is 4.42 Å². The highest BCUT2D eigenvalue weighted by atomic mass is 16.3. The maximum absolute atomic E-state index is 5.57. The number of rotatable bonds is 4. The summed E-state index contributed by atoms with van der Waals surface area (Å²) in [6, 6.07) is 12.6. The minimum atomic E-state index is 0.683. The Balaban J connectivity index is 2.03. The minimum Gasteiger partial charge on any atom is -0.469 e. The lowest BCUT2D eigenvalue weighted by Crippen LogP contribution is -1.91. The predicted octanol–water partition coefficient (Wildman–Crippen LogP) is 4.07. The summed E-state index contributed by atoms with van der Waals surface area (Å²) in [5.41, 5.74) is 2.61. The molecule has 1 nitrogen and oxygen atoms in total. The van der Waals surface area contributed by atoms with Crippen molar-refractivity contribution in [3.63, 3.8) is 0 Å². The quantitative estimate of drug-likeness (QED) is 0.747. The first-order chi connectivity index (χ1) is 7.74. The SMILES string of the molecule is CC(C)Cc1coc(Cc2ccccc2)c1. The molecular formula is C15H18O. The van der Waals surface area contributed by atoms with E-state index in [1.165, 1.54) is 11.1 Å². The maximum Gasteiger partial charge on any atom is 0.108 e.